The molecule has 106 valence electrons. The Balaban J connectivity index is 1.64. The normalized spacial score (nSPS) is 17.4. The number of para-hydroxylation sites is 1. The Morgan fingerprint density at radius 2 is 2.10 bits per heavy atom. The number of aryl methyl sites for hydroxylation is 1. The van der Waals surface area contributed by atoms with Gasteiger partial charge in [0.25, 0.3) is 0 Å². The molecule has 0 saturated heterocycles. The standard InChI is InChI=1S/C15H15N5S/c1-2-5-11(6-3-1)20-15(17-18-19-20)16-13-7-4-8-14-12(13)9-10-21-14/h1-3,5-6,9-10,13H,4,7-8H2,(H,16,17,19). The van der Waals surface area contributed by atoms with E-state index in [1.165, 1.54) is 23.3 Å². The molecule has 1 unspecified atom stereocenters. The lowest BCUT2D eigenvalue weighted by atomic mass is 9.94. The van der Waals surface area contributed by atoms with Crippen molar-refractivity contribution >= 4 is 17.3 Å². The van der Waals surface area contributed by atoms with Crippen LogP contribution in [0, 0.1) is 0 Å². The zero-order chi connectivity index (χ0) is 14.1. The van der Waals surface area contributed by atoms with Crippen molar-refractivity contribution < 1.29 is 0 Å². The Morgan fingerprint density at radius 1 is 1.19 bits per heavy atom. The van der Waals surface area contributed by atoms with Crippen molar-refractivity contribution in [2.75, 3.05) is 5.32 Å². The number of anilines is 1. The molecule has 0 radical (unpaired) electrons. The highest BCUT2D eigenvalue weighted by atomic mass is 32.1. The predicted molar refractivity (Wildman–Crippen MR) is 82.8 cm³/mol. The molecule has 1 aliphatic carbocycles. The first-order valence-corrected chi connectivity index (χ1v) is 7.96. The minimum absolute atomic E-state index is 0.300. The molecule has 0 aliphatic heterocycles. The predicted octanol–water partition coefficient (Wildman–Crippen LogP) is 3.21. The zero-order valence-electron chi connectivity index (χ0n) is 11.4. The maximum atomic E-state index is 4.14. The quantitative estimate of drug-likeness (QED) is 0.806. The van der Waals surface area contributed by atoms with Gasteiger partial charge in [0.2, 0.25) is 5.95 Å². The summed E-state index contributed by atoms with van der Waals surface area (Å²) in [4.78, 5) is 1.48. The van der Waals surface area contributed by atoms with Gasteiger partial charge in [0.05, 0.1) is 11.7 Å². The number of hydrogen-bond acceptors (Lipinski definition) is 5. The molecule has 21 heavy (non-hydrogen) atoms. The molecule has 1 aliphatic rings. The van der Waals surface area contributed by atoms with Crippen molar-refractivity contribution in [3.63, 3.8) is 0 Å². The van der Waals surface area contributed by atoms with Gasteiger partial charge in [-0.2, -0.15) is 4.68 Å². The number of tetrazole rings is 1. The molecule has 4 rings (SSSR count). The van der Waals surface area contributed by atoms with E-state index in [1.807, 2.05) is 41.7 Å². The van der Waals surface area contributed by atoms with Gasteiger partial charge in [0, 0.05) is 4.88 Å². The lowest BCUT2D eigenvalue weighted by Crippen LogP contribution is -2.18. The molecule has 0 fully saturated rings. The van der Waals surface area contributed by atoms with Crippen molar-refractivity contribution in [2.45, 2.75) is 25.3 Å². The van der Waals surface area contributed by atoms with E-state index in [-0.39, 0.29) is 0 Å². The van der Waals surface area contributed by atoms with Gasteiger partial charge in [0.15, 0.2) is 0 Å². The molecule has 1 N–H and O–H groups in total. The average Bonchev–Trinajstić information content (AvgIpc) is 3.17. The summed E-state index contributed by atoms with van der Waals surface area (Å²) in [5, 5.41) is 17.7. The largest absolute Gasteiger partial charge is 0.346 e. The molecule has 2 heterocycles. The van der Waals surface area contributed by atoms with Gasteiger partial charge < -0.3 is 5.32 Å². The van der Waals surface area contributed by atoms with Crippen molar-refractivity contribution in [2.24, 2.45) is 0 Å². The van der Waals surface area contributed by atoms with Crippen LogP contribution in [0.25, 0.3) is 5.69 Å². The van der Waals surface area contributed by atoms with Crippen LogP contribution in [0.3, 0.4) is 0 Å². The van der Waals surface area contributed by atoms with Crippen LogP contribution < -0.4 is 5.32 Å². The third-order valence-electron chi connectivity index (χ3n) is 3.83. The number of fused-ring (bicyclic) bond motifs is 1. The van der Waals surface area contributed by atoms with Gasteiger partial charge in [0.1, 0.15) is 0 Å². The van der Waals surface area contributed by atoms with Gasteiger partial charge in [-0.05, 0) is 58.8 Å². The molecule has 2 aromatic heterocycles. The van der Waals surface area contributed by atoms with Crippen molar-refractivity contribution in [3.8, 4) is 5.69 Å². The number of aromatic nitrogens is 4. The van der Waals surface area contributed by atoms with E-state index in [2.05, 4.69) is 32.3 Å². The first-order valence-electron chi connectivity index (χ1n) is 7.08. The highest BCUT2D eigenvalue weighted by Crippen LogP contribution is 2.35. The number of benzene rings is 1. The van der Waals surface area contributed by atoms with Gasteiger partial charge in [-0.15, -0.1) is 11.3 Å². The molecular formula is C15H15N5S. The number of thiophene rings is 1. The fourth-order valence-electron chi connectivity index (χ4n) is 2.81. The van der Waals surface area contributed by atoms with Gasteiger partial charge >= 0.3 is 0 Å². The maximum Gasteiger partial charge on any atom is 0.248 e. The Bertz CT molecular complexity index is 733. The van der Waals surface area contributed by atoms with E-state index in [9.17, 15) is 0 Å². The van der Waals surface area contributed by atoms with E-state index >= 15 is 0 Å². The first-order chi connectivity index (χ1) is 10.4. The fourth-order valence-corrected chi connectivity index (χ4v) is 3.80. The Kier molecular flexibility index (Phi) is 3.16. The maximum absolute atomic E-state index is 4.14. The van der Waals surface area contributed by atoms with E-state index in [4.69, 9.17) is 0 Å². The van der Waals surface area contributed by atoms with Crippen LogP contribution in [-0.4, -0.2) is 20.2 Å². The van der Waals surface area contributed by atoms with Crippen LogP contribution in [-0.2, 0) is 6.42 Å². The molecule has 0 amide bonds. The summed E-state index contributed by atoms with van der Waals surface area (Å²) in [5.74, 6) is 0.699. The molecule has 3 aromatic rings. The van der Waals surface area contributed by atoms with E-state index in [0.29, 0.717) is 12.0 Å². The minimum Gasteiger partial charge on any atom is -0.346 e. The summed E-state index contributed by atoms with van der Waals surface area (Å²) in [6.07, 6.45) is 3.51. The smallest absolute Gasteiger partial charge is 0.248 e. The fraction of sp³-hybridized carbons (Fsp3) is 0.267. The topological polar surface area (TPSA) is 55.6 Å². The summed E-state index contributed by atoms with van der Waals surface area (Å²) in [7, 11) is 0. The second kappa shape index (κ2) is 5.29. The van der Waals surface area contributed by atoms with E-state index < -0.39 is 0 Å². The third-order valence-corrected chi connectivity index (χ3v) is 4.82. The van der Waals surface area contributed by atoms with Gasteiger partial charge in [-0.25, -0.2) is 0 Å². The Morgan fingerprint density at radius 3 is 3.00 bits per heavy atom. The van der Waals surface area contributed by atoms with Crippen LogP contribution >= 0.6 is 11.3 Å². The molecule has 0 bridgehead atoms. The second-order valence-corrected chi connectivity index (χ2v) is 6.14. The summed E-state index contributed by atoms with van der Waals surface area (Å²) in [5.41, 5.74) is 2.36. The summed E-state index contributed by atoms with van der Waals surface area (Å²) >= 11 is 1.84. The third kappa shape index (κ3) is 2.31. The van der Waals surface area contributed by atoms with Crippen molar-refractivity contribution in [1.29, 1.82) is 0 Å². The summed E-state index contributed by atoms with van der Waals surface area (Å²) < 4.78 is 1.75. The van der Waals surface area contributed by atoms with Gasteiger partial charge in [-0.3, -0.25) is 0 Å². The molecule has 0 spiro atoms. The van der Waals surface area contributed by atoms with Crippen molar-refractivity contribution in [1.82, 2.24) is 20.2 Å². The van der Waals surface area contributed by atoms with Gasteiger partial charge in [-0.1, -0.05) is 23.3 Å². The molecule has 0 saturated carbocycles. The number of nitrogens with one attached hydrogen (secondary N) is 1. The molecule has 5 nitrogen and oxygen atoms in total. The molecule has 6 heteroatoms. The first kappa shape index (κ1) is 12.5. The number of rotatable bonds is 3. The Hall–Kier alpha value is -2.21. The second-order valence-electron chi connectivity index (χ2n) is 5.14. The number of hydrogen-bond donors (Lipinski definition) is 1. The average molecular weight is 297 g/mol. The summed E-state index contributed by atoms with van der Waals surface area (Å²) in [6.45, 7) is 0. The van der Waals surface area contributed by atoms with Crippen LogP contribution in [0.15, 0.2) is 41.8 Å². The number of nitrogens with zero attached hydrogens (tertiary/aromatic N) is 4. The summed E-state index contributed by atoms with van der Waals surface area (Å²) in [6, 6.07) is 12.5. The van der Waals surface area contributed by atoms with Crippen molar-refractivity contribution in [3.05, 3.63) is 52.2 Å². The minimum atomic E-state index is 0.300. The lowest BCUT2D eigenvalue weighted by molar-refractivity contribution is 0.602. The highest BCUT2D eigenvalue weighted by molar-refractivity contribution is 7.10. The monoisotopic (exact) mass is 297 g/mol. The van der Waals surface area contributed by atoms with Crippen LogP contribution in [0.4, 0.5) is 5.95 Å². The lowest BCUT2D eigenvalue weighted by Gasteiger charge is -2.23. The van der Waals surface area contributed by atoms with Crippen LogP contribution in [0.5, 0.6) is 0 Å². The van der Waals surface area contributed by atoms with Crippen LogP contribution in [0.2, 0.25) is 0 Å². The zero-order valence-corrected chi connectivity index (χ0v) is 12.3. The molecule has 1 aromatic carbocycles. The Labute approximate surface area is 126 Å². The molecular weight excluding hydrogens is 282 g/mol. The SMILES string of the molecule is c1ccc(-n2nnnc2NC2CCCc3sccc32)cc1. The van der Waals surface area contributed by atoms with E-state index in [1.54, 1.807) is 4.68 Å². The van der Waals surface area contributed by atoms with E-state index in [0.717, 1.165) is 12.1 Å². The molecule has 1 atom stereocenters. The van der Waals surface area contributed by atoms with Crippen LogP contribution in [0.1, 0.15) is 29.3 Å². The highest BCUT2D eigenvalue weighted by Gasteiger charge is 2.23.